The first kappa shape index (κ1) is 14.5. The van der Waals surface area contributed by atoms with Crippen LogP contribution in [0.15, 0.2) is 24.3 Å². The van der Waals surface area contributed by atoms with Crippen molar-refractivity contribution in [1.29, 1.82) is 0 Å². The zero-order chi connectivity index (χ0) is 14.4. The highest BCUT2D eigenvalue weighted by Crippen LogP contribution is 2.18. The molecule has 1 heterocycles. The summed E-state index contributed by atoms with van der Waals surface area (Å²) in [6.07, 6.45) is 2.20. The van der Waals surface area contributed by atoms with Crippen molar-refractivity contribution in [3.05, 3.63) is 41.5 Å². The van der Waals surface area contributed by atoms with Gasteiger partial charge >= 0.3 is 0 Å². The fourth-order valence-electron chi connectivity index (χ4n) is 1.88. The van der Waals surface area contributed by atoms with E-state index in [1.807, 2.05) is 31.2 Å². The van der Waals surface area contributed by atoms with E-state index in [0.29, 0.717) is 5.82 Å². The van der Waals surface area contributed by atoms with Gasteiger partial charge in [-0.1, -0.05) is 31.5 Å². The summed E-state index contributed by atoms with van der Waals surface area (Å²) in [7, 11) is 0. The standard InChI is InChI=1S/C15H21N3O2/c1-3-4-9-14-16-15(18-17-14)12(19)10-20-13-8-6-5-7-11(13)2/h5-8,12,19H,3-4,9-10H2,1-2H3,(H,16,17,18)/t12-/m0/s1. The number of H-pyrrole nitrogens is 1. The Morgan fingerprint density at radius 3 is 2.90 bits per heavy atom. The average molecular weight is 275 g/mol. The molecule has 0 aliphatic carbocycles. The molecule has 0 aliphatic heterocycles. The van der Waals surface area contributed by atoms with Crippen molar-refractivity contribution in [1.82, 2.24) is 15.2 Å². The number of benzene rings is 1. The van der Waals surface area contributed by atoms with Crippen LogP contribution in [0.2, 0.25) is 0 Å². The van der Waals surface area contributed by atoms with Gasteiger partial charge in [0.1, 0.15) is 24.3 Å². The molecule has 0 aliphatic rings. The molecular weight excluding hydrogens is 254 g/mol. The largest absolute Gasteiger partial charge is 0.490 e. The lowest BCUT2D eigenvalue weighted by atomic mass is 10.2. The Balaban J connectivity index is 1.90. The number of rotatable bonds is 7. The number of aromatic nitrogens is 3. The summed E-state index contributed by atoms with van der Waals surface area (Å²) in [4.78, 5) is 4.29. The molecule has 1 atom stereocenters. The van der Waals surface area contributed by atoms with Crippen molar-refractivity contribution < 1.29 is 9.84 Å². The second-order valence-electron chi connectivity index (χ2n) is 4.84. The molecule has 2 N–H and O–H groups in total. The molecule has 5 nitrogen and oxygen atoms in total. The minimum atomic E-state index is -0.818. The molecular formula is C15H21N3O2. The highest BCUT2D eigenvalue weighted by atomic mass is 16.5. The number of hydrogen-bond acceptors (Lipinski definition) is 4. The van der Waals surface area contributed by atoms with Crippen LogP contribution in [0, 0.1) is 6.92 Å². The van der Waals surface area contributed by atoms with E-state index < -0.39 is 6.10 Å². The molecule has 5 heteroatoms. The summed E-state index contributed by atoms with van der Waals surface area (Å²) >= 11 is 0. The van der Waals surface area contributed by atoms with E-state index in [9.17, 15) is 5.11 Å². The van der Waals surface area contributed by atoms with Crippen LogP contribution in [-0.2, 0) is 6.42 Å². The summed E-state index contributed by atoms with van der Waals surface area (Å²) < 4.78 is 5.60. The van der Waals surface area contributed by atoms with Crippen LogP contribution in [0.4, 0.5) is 0 Å². The van der Waals surface area contributed by atoms with Gasteiger partial charge in [-0.05, 0) is 25.0 Å². The van der Waals surface area contributed by atoms with Gasteiger partial charge in [0.15, 0.2) is 5.82 Å². The average Bonchev–Trinajstić information content (AvgIpc) is 2.93. The third-order valence-electron chi connectivity index (χ3n) is 3.10. The molecule has 0 bridgehead atoms. The fourth-order valence-corrected chi connectivity index (χ4v) is 1.88. The fraction of sp³-hybridized carbons (Fsp3) is 0.467. The van der Waals surface area contributed by atoms with E-state index in [1.165, 1.54) is 0 Å². The van der Waals surface area contributed by atoms with Crippen molar-refractivity contribution in [2.45, 2.75) is 39.2 Å². The van der Waals surface area contributed by atoms with Gasteiger partial charge in [0.2, 0.25) is 0 Å². The summed E-state index contributed by atoms with van der Waals surface area (Å²) in [5.74, 6) is 1.98. The number of unbranched alkanes of at least 4 members (excludes halogenated alkanes) is 1. The van der Waals surface area contributed by atoms with Gasteiger partial charge in [0, 0.05) is 6.42 Å². The SMILES string of the molecule is CCCCc1nc([C@@H](O)COc2ccccc2C)n[nH]1. The van der Waals surface area contributed by atoms with Crippen molar-refractivity contribution in [2.75, 3.05) is 6.61 Å². The first-order chi connectivity index (χ1) is 9.70. The van der Waals surface area contributed by atoms with Gasteiger partial charge in [-0.25, -0.2) is 4.98 Å². The van der Waals surface area contributed by atoms with Gasteiger partial charge in [0.05, 0.1) is 0 Å². The van der Waals surface area contributed by atoms with Crippen molar-refractivity contribution >= 4 is 0 Å². The Bertz CT molecular complexity index is 539. The third kappa shape index (κ3) is 3.81. The van der Waals surface area contributed by atoms with E-state index in [0.717, 1.165) is 36.4 Å². The molecule has 0 unspecified atom stereocenters. The third-order valence-corrected chi connectivity index (χ3v) is 3.10. The lowest BCUT2D eigenvalue weighted by Crippen LogP contribution is -2.11. The van der Waals surface area contributed by atoms with Crippen LogP contribution in [0.5, 0.6) is 5.75 Å². The highest BCUT2D eigenvalue weighted by Gasteiger charge is 2.14. The maximum absolute atomic E-state index is 10.0. The summed E-state index contributed by atoms with van der Waals surface area (Å²) in [6, 6.07) is 7.71. The number of para-hydroxylation sites is 1. The Labute approximate surface area is 119 Å². The van der Waals surface area contributed by atoms with E-state index in [2.05, 4.69) is 22.1 Å². The lowest BCUT2D eigenvalue weighted by Gasteiger charge is -2.11. The van der Waals surface area contributed by atoms with Crippen LogP contribution in [0.25, 0.3) is 0 Å². The van der Waals surface area contributed by atoms with Gasteiger partial charge in [0.25, 0.3) is 0 Å². The van der Waals surface area contributed by atoms with Gasteiger partial charge in [-0.3, -0.25) is 5.10 Å². The molecule has 0 fully saturated rings. The number of aliphatic hydroxyl groups is 1. The first-order valence-electron chi connectivity index (χ1n) is 6.98. The Kier molecular flexibility index (Phi) is 5.12. The molecule has 108 valence electrons. The number of hydrogen-bond donors (Lipinski definition) is 2. The predicted molar refractivity (Wildman–Crippen MR) is 76.6 cm³/mol. The highest BCUT2D eigenvalue weighted by molar-refractivity contribution is 5.31. The number of nitrogens with zero attached hydrogens (tertiary/aromatic N) is 2. The summed E-state index contributed by atoms with van der Waals surface area (Å²) in [5.41, 5.74) is 1.04. The normalized spacial score (nSPS) is 12.3. The minimum absolute atomic E-state index is 0.149. The molecule has 0 saturated heterocycles. The Morgan fingerprint density at radius 2 is 2.15 bits per heavy atom. The van der Waals surface area contributed by atoms with Crippen molar-refractivity contribution in [2.24, 2.45) is 0 Å². The molecule has 20 heavy (non-hydrogen) atoms. The van der Waals surface area contributed by atoms with Gasteiger partial charge < -0.3 is 9.84 Å². The Morgan fingerprint density at radius 1 is 1.35 bits per heavy atom. The molecule has 0 amide bonds. The van der Waals surface area contributed by atoms with E-state index >= 15 is 0 Å². The van der Waals surface area contributed by atoms with Crippen LogP contribution in [0.1, 0.15) is 43.1 Å². The zero-order valence-electron chi connectivity index (χ0n) is 12.0. The van der Waals surface area contributed by atoms with Crippen molar-refractivity contribution in [3.63, 3.8) is 0 Å². The molecule has 1 aromatic carbocycles. The topological polar surface area (TPSA) is 71.0 Å². The number of ether oxygens (including phenoxy) is 1. The molecule has 0 spiro atoms. The molecule has 1 aromatic heterocycles. The number of aliphatic hydroxyl groups excluding tert-OH is 1. The van der Waals surface area contributed by atoms with Crippen molar-refractivity contribution in [3.8, 4) is 5.75 Å². The van der Waals surface area contributed by atoms with Crippen LogP contribution in [-0.4, -0.2) is 26.9 Å². The maximum atomic E-state index is 10.0. The molecule has 0 radical (unpaired) electrons. The molecule has 2 rings (SSSR count). The smallest absolute Gasteiger partial charge is 0.182 e. The van der Waals surface area contributed by atoms with Crippen LogP contribution in [0.3, 0.4) is 0 Å². The Hall–Kier alpha value is -1.88. The summed E-state index contributed by atoms with van der Waals surface area (Å²) in [5, 5.41) is 16.9. The predicted octanol–water partition coefficient (Wildman–Crippen LogP) is 2.57. The lowest BCUT2D eigenvalue weighted by molar-refractivity contribution is 0.101. The number of aryl methyl sites for hydroxylation is 2. The van der Waals surface area contributed by atoms with E-state index in [-0.39, 0.29) is 6.61 Å². The van der Waals surface area contributed by atoms with E-state index in [1.54, 1.807) is 0 Å². The second-order valence-corrected chi connectivity index (χ2v) is 4.84. The quantitative estimate of drug-likeness (QED) is 0.814. The second kappa shape index (κ2) is 7.05. The maximum Gasteiger partial charge on any atom is 0.182 e. The monoisotopic (exact) mass is 275 g/mol. The zero-order valence-corrected chi connectivity index (χ0v) is 12.0. The molecule has 0 saturated carbocycles. The number of aromatic amines is 1. The van der Waals surface area contributed by atoms with Gasteiger partial charge in [-0.15, -0.1) is 0 Å². The van der Waals surface area contributed by atoms with Gasteiger partial charge in [-0.2, -0.15) is 5.10 Å². The van der Waals surface area contributed by atoms with Crippen LogP contribution >= 0.6 is 0 Å². The number of nitrogens with one attached hydrogen (secondary N) is 1. The van der Waals surface area contributed by atoms with Crippen LogP contribution < -0.4 is 4.74 Å². The first-order valence-corrected chi connectivity index (χ1v) is 6.98. The van der Waals surface area contributed by atoms with E-state index in [4.69, 9.17) is 4.74 Å². The molecule has 2 aromatic rings. The summed E-state index contributed by atoms with van der Waals surface area (Å²) in [6.45, 7) is 4.25. The minimum Gasteiger partial charge on any atom is -0.490 e.